The molecular formula is C14H23N3O2. The van der Waals surface area contributed by atoms with E-state index in [9.17, 15) is 4.79 Å². The van der Waals surface area contributed by atoms with Gasteiger partial charge in [0.05, 0.1) is 18.5 Å². The zero-order valence-electron chi connectivity index (χ0n) is 12.0. The number of carbonyl (C=O) groups is 1. The summed E-state index contributed by atoms with van der Waals surface area (Å²) in [7, 11) is 1.86. The second kappa shape index (κ2) is 6.19. The van der Waals surface area contributed by atoms with Crippen molar-refractivity contribution < 1.29 is 9.53 Å². The Morgan fingerprint density at radius 1 is 1.58 bits per heavy atom. The second-order valence-corrected chi connectivity index (χ2v) is 5.35. The zero-order valence-corrected chi connectivity index (χ0v) is 12.0. The minimum absolute atomic E-state index is 0.285. The molecule has 2 unspecified atom stereocenters. The fraction of sp³-hybridized carbons (Fsp3) is 0.714. The van der Waals surface area contributed by atoms with Gasteiger partial charge >= 0.3 is 5.97 Å². The second-order valence-electron chi connectivity index (χ2n) is 5.35. The summed E-state index contributed by atoms with van der Waals surface area (Å²) in [5, 5.41) is 7.68. The molecule has 1 N–H and O–H groups in total. The molecule has 0 radical (unpaired) electrons. The van der Waals surface area contributed by atoms with E-state index in [0.717, 1.165) is 11.6 Å². The van der Waals surface area contributed by atoms with Crippen LogP contribution in [0.3, 0.4) is 0 Å². The Kier molecular flexibility index (Phi) is 4.58. The number of carbonyl (C=O) groups excluding carboxylic acids is 1. The highest BCUT2D eigenvalue weighted by molar-refractivity contribution is 5.90. The fourth-order valence-electron chi connectivity index (χ4n) is 2.69. The number of hydrogen-bond donors (Lipinski definition) is 1. The molecule has 1 aromatic rings. The molecule has 2 rings (SSSR count). The summed E-state index contributed by atoms with van der Waals surface area (Å²) in [6.45, 7) is 5.16. The molecule has 0 aromatic carbocycles. The molecule has 5 nitrogen and oxygen atoms in total. The molecule has 1 aliphatic carbocycles. The van der Waals surface area contributed by atoms with Crippen molar-refractivity contribution >= 4 is 5.97 Å². The first-order valence-corrected chi connectivity index (χ1v) is 7.03. The Morgan fingerprint density at radius 2 is 2.37 bits per heavy atom. The summed E-state index contributed by atoms with van der Waals surface area (Å²) >= 11 is 0. The van der Waals surface area contributed by atoms with Gasteiger partial charge in [0.1, 0.15) is 5.56 Å². The van der Waals surface area contributed by atoms with Crippen LogP contribution in [-0.2, 0) is 18.3 Å². The third kappa shape index (κ3) is 3.35. The number of aromatic nitrogens is 2. The summed E-state index contributed by atoms with van der Waals surface area (Å²) < 4.78 is 6.80. The normalized spacial score (nSPS) is 22.7. The summed E-state index contributed by atoms with van der Waals surface area (Å²) in [4.78, 5) is 11.8. The average molecular weight is 265 g/mol. The van der Waals surface area contributed by atoms with Gasteiger partial charge in [-0.3, -0.25) is 4.68 Å². The van der Waals surface area contributed by atoms with Gasteiger partial charge in [-0.1, -0.05) is 6.92 Å². The standard InChI is InChI=1S/C14H23N3O2/c1-4-19-14(18)12-8-16-17(3)13(12)9-15-11-6-5-10(2)7-11/h8,10-11,15H,4-7,9H2,1-3H3. The molecule has 0 saturated heterocycles. The summed E-state index contributed by atoms with van der Waals surface area (Å²) in [6.07, 6.45) is 5.31. The monoisotopic (exact) mass is 265 g/mol. The van der Waals surface area contributed by atoms with E-state index < -0.39 is 0 Å². The van der Waals surface area contributed by atoms with Crippen molar-refractivity contribution in [3.8, 4) is 0 Å². The van der Waals surface area contributed by atoms with Crippen molar-refractivity contribution in [2.75, 3.05) is 6.61 Å². The van der Waals surface area contributed by atoms with Gasteiger partial charge in [-0.05, 0) is 32.1 Å². The number of nitrogens with zero attached hydrogens (tertiary/aromatic N) is 2. The minimum Gasteiger partial charge on any atom is -0.462 e. The average Bonchev–Trinajstić information content (AvgIpc) is 2.94. The lowest BCUT2D eigenvalue weighted by Crippen LogP contribution is -2.27. The molecule has 0 spiro atoms. The molecule has 106 valence electrons. The Labute approximate surface area is 114 Å². The van der Waals surface area contributed by atoms with Gasteiger partial charge in [-0.25, -0.2) is 4.79 Å². The van der Waals surface area contributed by atoms with Gasteiger partial charge < -0.3 is 10.1 Å². The van der Waals surface area contributed by atoms with Crippen LogP contribution in [0.15, 0.2) is 6.20 Å². The third-order valence-electron chi connectivity index (χ3n) is 3.81. The Bertz CT molecular complexity index is 442. The van der Waals surface area contributed by atoms with Crippen molar-refractivity contribution in [3.05, 3.63) is 17.5 Å². The van der Waals surface area contributed by atoms with Crippen LogP contribution in [0.5, 0.6) is 0 Å². The number of aryl methyl sites for hydroxylation is 1. The van der Waals surface area contributed by atoms with Gasteiger partial charge in [-0.15, -0.1) is 0 Å². The van der Waals surface area contributed by atoms with E-state index in [1.165, 1.54) is 19.3 Å². The van der Waals surface area contributed by atoms with Gasteiger partial charge in [0, 0.05) is 19.6 Å². The van der Waals surface area contributed by atoms with Gasteiger partial charge in [0.15, 0.2) is 0 Å². The topological polar surface area (TPSA) is 56.1 Å². The highest BCUT2D eigenvalue weighted by Gasteiger charge is 2.22. The van der Waals surface area contributed by atoms with E-state index in [1.807, 2.05) is 14.0 Å². The first-order chi connectivity index (χ1) is 9.11. The smallest absolute Gasteiger partial charge is 0.341 e. The van der Waals surface area contributed by atoms with Crippen molar-refractivity contribution in [2.45, 2.75) is 45.7 Å². The first-order valence-electron chi connectivity index (χ1n) is 7.03. The maximum absolute atomic E-state index is 11.8. The van der Waals surface area contributed by atoms with E-state index in [2.05, 4.69) is 17.3 Å². The van der Waals surface area contributed by atoms with Crippen LogP contribution in [0.2, 0.25) is 0 Å². The Hall–Kier alpha value is -1.36. The number of hydrogen-bond acceptors (Lipinski definition) is 4. The van der Waals surface area contributed by atoms with E-state index in [4.69, 9.17) is 4.74 Å². The predicted octanol–water partition coefficient (Wildman–Crippen LogP) is 1.87. The molecule has 1 saturated carbocycles. The summed E-state index contributed by atoms with van der Waals surface area (Å²) in [5.74, 6) is 0.515. The number of nitrogens with one attached hydrogen (secondary N) is 1. The molecule has 1 heterocycles. The largest absolute Gasteiger partial charge is 0.462 e. The van der Waals surface area contributed by atoms with Crippen LogP contribution in [0.1, 0.15) is 49.2 Å². The predicted molar refractivity (Wildman–Crippen MR) is 72.8 cm³/mol. The molecule has 0 aliphatic heterocycles. The van der Waals surface area contributed by atoms with Gasteiger partial charge in [-0.2, -0.15) is 5.10 Å². The summed E-state index contributed by atoms with van der Waals surface area (Å²) in [6, 6.07) is 0.556. The fourth-order valence-corrected chi connectivity index (χ4v) is 2.69. The maximum Gasteiger partial charge on any atom is 0.341 e. The first kappa shape index (κ1) is 14.1. The van der Waals surface area contributed by atoms with Crippen LogP contribution in [0.4, 0.5) is 0 Å². The molecule has 1 aromatic heterocycles. The van der Waals surface area contributed by atoms with E-state index in [1.54, 1.807) is 10.9 Å². The maximum atomic E-state index is 11.8. The number of ether oxygens (including phenoxy) is 1. The lowest BCUT2D eigenvalue weighted by molar-refractivity contribution is 0.0524. The lowest BCUT2D eigenvalue weighted by Gasteiger charge is -2.13. The molecule has 2 atom stereocenters. The molecule has 19 heavy (non-hydrogen) atoms. The van der Waals surface area contributed by atoms with Crippen molar-refractivity contribution in [3.63, 3.8) is 0 Å². The number of rotatable bonds is 5. The van der Waals surface area contributed by atoms with Crippen LogP contribution in [-0.4, -0.2) is 28.4 Å². The zero-order chi connectivity index (χ0) is 13.8. The molecule has 0 amide bonds. The van der Waals surface area contributed by atoms with E-state index in [-0.39, 0.29) is 5.97 Å². The lowest BCUT2D eigenvalue weighted by atomic mass is 10.1. The Morgan fingerprint density at radius 3 is 3.00 bits per heavy atom. The van der Waals surface area contributed by atoms with Gasteiger partial charge in [0.2, 0.25) is 0 Å². The van der Waals surface area contributed by atoms with E-state index >= 15 is 0 Å². The van der Waals surface area contributed by atoms with Crippen molar-refractivity contribution in [2.24, 2.45) is 13.0 Å². The van der Waals surface area contributed by atoms with Crippen LogP contribution < -0.4 is 5.32 Å². The van der Waals surface area contributed by atoms with Crippen molar-refractivity contribution in [1.29, 1.82) is 0 Å². The molecule has 0 bridgehead atoms. The Balaban J connectivity index is 1.99. The molecule has 1 fully saturated rings. The summed E-state index contributed by atoms with van der Waals surface area (Å²) in [5.41, 5.74) is 1.47. The quantitative estimate of drug-likeness (QED) is 0.826. The van der Waals surface area contributed by atoms with Crippen LogP contribution in [0, 0.1) is 5.92 Å². The number of esters is 1. The third-order valence-corrected chi connectivity index (χ3v) is 3.81. The minimum atomic E-state index is -0.285. The molecule has 5 heteroatoms. The van der Waals surface area contributed by atoms with Gasteiger partial charge in [0.25, 0.3) is 0 Å². The van der Waals surface area contributed by atoms with Crippen LogP contribution >= 0.6 is 0 Å². The van der Waals surface area contributed by atoms with Crippen LogP contribution in [0.25, 0.3) is 0 Å². The SMILES string of the molecule is CCOC(=O)c1cnn(C)c1CNC1CCC(C)C1. The highest BCUT2D eigenvalue weighted by Crippen LogP contribution is 2.25. The van der Waals surface area contributed by atoms with E-state index in [0.29, 0.717) is 24.8 Å². The van der Waals surface area contributed by atoms with Crippen molar-refractivity contribution in [1.82, 2.24) is 15.1 Å². The molecule has 1 aliphatic rings. The molecular weight excluding hydrogens is 242 g/mol. The highest BCUT2D eigenvalue weighted by atomic mass is 16.5.